The molecule has 0 bridgehead atoms. The van der Waals surface area contributed by atoms with Crippen LogP contribution in [0.25, 0.3) is 0 Å². The molecule has 0 aliphatic heterocycles. The Kier molecular flexibility index (Phi) is 9.48. The number of methoxy groups -OCH3 is 1. The first-order valence-electron chi connectivity index (χ1n) is 11.0. The molecule has 0 aliphatic rings. The second-order valence-corrected chi connectivity index (χ2v) is 11.4. The van der Waals surface area contributed by atoms with Gasteiger partial charge in [-0.05, 0) is 61.4 Å². The second-order valence-electron chi connectivity index (χ2n) is 8.03. The van der Waals surface area contributed by atoms with Gasteiger partial charge in [-0.1, -0.05) is 47.5 Å². The summed E-state index contributed by atoms with van der Waals surface area (Å²) in [6, 6.07) is 19.4. The summed E-state index contributed by atoms with van der Waals surface area (Å²) in [5.74, 6) is 1.42. The fourth-order valence-corrected chi connectivity index (χ4v) is 5.84. The number of nitrogens with zero attached hydrogens (tertiary/aromatic N) is 1. The van der Waals surface area contributed by atoms with Crippen LogP contribution in [0.3, 0.4) is 0 Å². The van der Waals surface area contributed by atoms with Crippen LogP contribution in [-0.2, 0) is 20.6 Å². The number of halogens is 1. The average molecular weight is 533 g/mol. The fourth-order valence-electron chi connectivity index (χ4n) is 3.40. The average Bonchev–Trinajstić information content (AvgIpc) is 2.82. The predicted octanol–water partition coefficient (Wildman–Crippen LogP) is 5.21. The molecule has 6 nitrogen and oxygen atoms in total. The van der Waals surface area contributed by atoms with Gasteiger partial charge in [0, 0.05) is 23.1 Å². The maximum Gasteiger partial charge on any atom is 0.264 e. The standard InChI is InChI=1S/C26H29ClN2O4S2/c1-19-7-10-23(11-8-19)35(31,32)29(24-15-20(2)9-12-25(24)33-3)17-26(30)28-13-14-34-18-21-5-4-6-22(27)16-21/h4-12,15-16H,13-14,17-18H2,1-3H3,(H,28,30). The van der Waals surface area contributed by atoms with Crippen molar-refractivity contribution in [3.8, 4) is 5.75 Å². The van der Waals surface area contributed by atoms with Gasteiger partial charge in [-0.2, -0.15) is 11.8 Å². The molecule has 3 rings (SSSR count). The van der Waals surface area contributed by atoms with E-state index in [1.54, 1.807) is 48.2 Å². The number of ether oxygens (including phenoxy) is 1. The molecule has 9 heteroatoms. The molecule has 0 atom stereocenters. The minimum atomic E-state index is -4.02. The van der Waals surface area contributed by atoms with E-state index in [1.165, 1.54) is 7.11 Å². The molecule has 1 amide bonds. The van der Waals surface area contributed by atoms with Gasteiger partial charge in [0.25, 0.3) is 10.0 Å². The number of anilines is 1. The number of nitrogens with one attached hydrogen (secondary N) is 1. The van der Waals surface area contributed by atoms with Crippen molar-refractivity contribution in [3.05, 3.63) is 88.4 Å². The summed E-state index contributed by atoms with van der Waals surface area (Å²) in [5.41, 5.74) is 3.22. The fraction of sp³-hybridized carbons (Fsp3) is 0.269. The number of aryl methyl sites for hydroxylation is 2. The number of hydrogen-bond acceptors (Lipinski definition) is 5. The Hall–Kier alpha value is -2.68. The normalized spacial score (nSPS) is 11.2. The Labute approximate surface area is 216 Å². The molecule has 186 valence electrons. The molecule has 3 aromatic rings. The zero-order valence-corrected chi connectivity index (χ0v) is 22.3. The van der Waals surface area contributed by atoms with E-state index in [1.807, 2.05) is 44.2 Å². The van der Waals surface area contributed by atoms with Crippen LogP contribution < -0.4 is 14.4 Å². The highest BCUT2D eigenvalue weighted by molar-refractivity contribution is 7.98. The summed E-state index contributed by atoms with van der Waals surface area (Å²) in [6.07, 6.45) is 0. The highest BCUT2D eigenvalue weighted by Crippen LogP contribution is 2.33. The molecule has 1 N–H and O–H groups in total. The molecule has 35 heavy (non-hydrogen) atoms. The third-order valence-electron chi connectivity index (χ3n) is 5.23. The van der Waals surface area contributed by atoms with Crippen molar-refractivity contribution in [3.63, 3.8) is 0 Å². The minimum absolute atomic E-state index is 0.108. The van der Waals surface area contributed by atoms with Gasteiger partial charge in [-0.25, -0.2) is 8.42 Å². The summed E-state index contributed by atoms with van der Waals surface area (Å²) in [5, 5.41) is 3.53. The highest BCUT2D eigenvalue weighted by Gasteiger charge is 2.29. The van der Waals surface area contributed by atoms with Gasteiger partial charge in [0.2, 0.25) is 5.91 Å². The van der Waals surface area contributed by atoms with E-state index in [0.29, 0.717) is 28.8 Å². The largest absolute Gasteiger partial charge is 0.495 e. The summed E-state index contributed by atoms with van der Waals surface area (Å²) >= 11 is 7.68. The van der Waals surface area contributed by atoms with Gasteiger partial charge in [0.05, 0.1) is 17.7 Å². The number of rotatable bonds is 11. The van der Waals surface area contributed by atoms with Crippen LogP contribution in [0.1, 0.15) is 16.7 Å². The Morgan fingerprint density at radius 3 is 2.43 bits per heavy atom. The van der Waals surface area contributed by atoms with Crippen molar-refractivity contribution in [2.45, 2.75) is 24.5 Å². The van der Waals surface area contributed by atoms with Gasteiger partial charge in [0.15, 0.2) is 0 Å². The number of carbonyl (C=O) groups is 1. The van der Waals surface area contributed by atoms with Crippen molar-refractivity contribution in [1.29, 1.82) is 0 Å². The monoisotopic (exact) mass is 532 g/mol. The predicted molar refractivity (Wildman–Crippen MR) is 144 cm³/mol. The highest BCUT2D eigenvalue weighted by atomic mass is 35.5. The van der Waals surface area contributed by atoms with Crippen LogP contribution in [0.2, 0.25) is 5.02 Å². The molecular weight excluding hydrogens is 504 g/mol. The topological polar surface area (TPSA) is 75.7 Å². The van der Waals surface area contributed by atoms with Gasteiger partial charge >= 0.3 is 0 Å². The Bertz CT molecular complexity index is 1260. The van der Waals surface area contributed by atoms with Crippen molar-refractivity contribution in [1.82, 2.24) is 5.32 Å². The van der Waals surface area contributed by atoms with Crippen molar-refractivity contribution in [2.24, 2.45) is 0 Å². The zero-order chi connectivity index (χ0) is 25.4. The van der Waals surface area contributed by atoms with E-state index in [0.717, 1.165) is 26.7 Å². The molecule has 0 saturated heterocycles. The quantitative estimate of drug-likeness (QED) is 0.343. The Morgan fingerprint density at radius 1 is 1.03 bits per heavy atom. The SMILES string of the molecule is COc1ccc(C)cc1N(CC(=O)NCCSCc1cccc(Cl)c1)S(=O)(=O)c1ccc(C)cc1. The maximum atomic E-state index is 13.6. The number of hydrogen-bond donors (Lipinski definition) is 1. The van der Waals surface area contributed by atoms with Gasteiger partial charge in [-0.3, -0.25) is 9.10 Å². The van der Waals surface area contributed by atoms with Crippen LogP contribution in [0.5, 0.6) is 5.75 Å². The van der Waals surface area contributed by atoms with Crippen LogP contribution in [0.4, 0.5) is 5.69 Å². The molecule has 0 heterocycles. The van der Waals surface area contributed by atoms with Crippen molar-refractivity contribution >= 4 is 45.0 Å². The van der Waals surface area contributed by atoms with E-state index < -0.39 is 15.9 Å². The zero-order valence-electron chi connectivity index (χ0n) is 20.0. The van der Waals surface area contributed by atoms with E-state index in [9.17, 15) is 13.2 Å². The summed E-state index contributed by atoms with van der Waals surface area (Å²) in [6.45, 7) is 3.79. The first kappa shape index (κ1) is 26.9. The van der Waals surface area contributed by atoms with Crippen LogP contribution in [-0.4, -0.2) is 40.3 Å². The van der Waals surface area contributed by atoms with Crippen molar-refractivity contribution < 1.29 is 17.9 Å². The molecule has 3 aromatic carbocycles. The van der Waals surface area contributed by atoms with Crippen molar-refractivity contribution in [2.75, 3.05) is 30.3 Å². The lowest BCUT2D eigenvalue weighted by Gasteiger charge is -2.26. The number of amides is 1. The minimum Gasteiger partial charge on any atom is -0.495 e. The van der Waals surface area contributed by atoms with Gasteiger partial charge in [0.1, 0.15) is 12.3 Å². The number of carbonyl (C=O) groups excluding carboxylic acids is 1. The molecular formula is C26H29ClN2O4S2. The van der Waals surface area contributed by atoms with Crippen LogP contribution in [0, 0.1) is 13.8 Å². The van der Waals surface area contributed by atoms with E-state index in [2.05, 4.69) is 5.32 Å². The molecule has 0 fully saturated rings. The molecule has 0 unspecified atom stereocenters. The number of sulfonamides is 1. The van der Waals surface area contributed by atoms with E-state index >= 15 is 0 Å². The Balaban J connectivity index is 1.73. The summed E-state index contributed by atoms with van der Waals surface area (Å²) < 4.78 is 33.7. The molecule has 0 saturated carbocycles. The number of benzene rings is 3. The second kappa shape index (κ2) is 12.3. The summed E-state index contributed by atoms with van der Waals surface area (Å²) in [4.78, 5) is 12.9. The lowest BCUT2D eigenvalue weighted by Crippen LogP contribution is -2.41. The summed E-state index contributed by atoms with van der Waals surface area (Å²) in [7, 11) is -2.54. The first-order valence-corrected chi connectivity index (χ1v) is 14.0. The van der Waals surface area contributed by atoms with Crippen LogP contribution >= 0.6 is 23.4 Å². The van der Waals surface area contributed by atoms with Gasteiger partial charge < -0.3 is 10.1 Å². The van der Waals surface area contributed by atoms with E-state index in [4.69, 9.17) is 16.3 Å². The molecule has 0 aromatic heterocycles. The Morgan fingerprint density at radius 2 is 1.74 bits per heavy atom. The maximum absolute atomic E-state index is 13.6. The molecule has 0 radical (unpaired) electrons. The third-order valence-corrected chi connectivity index (χ3v) is 8.26. The third kappa shape index (κ3) is 7.40. The lowest BCUT2D eigenvalue weighted by molar-refractivity contribution is -0.119. The smallest absolute Gasteiger partial charge is 0.264 e. The number of thioether (sulfide) groups is 1. The first-order chi connectivity index (χ1) is 16.7. The lowest BCUT2D eigenvalue weighted by atomic mass is 10.2. The molecule has 0 aliphatic carbocycles. The van der Waals surface area contributed by atoms with Crippen LogP contribution in [0.15, 0.2) is 71.6 Å². The van der Waals surface area contributed by atoms with Gasteiger partial charge in [-0.15, -0.1) is 0 Å². The van der Waals surface area contributed by atoms with E-state index in [-0.39, 0.29) is 11.4 Å². The molecule has 0 spiro atoms.